The van der Waals surface area contributed by atoms with Crippen LogP contribution in [-0.2, 0) is 6.42 Å². The molecular formula is C63H49N. The number of nitrogens with zero attached hydrogens (tertiary/aromatic N) is 1. The molecule has 64 heavy (non-hydrogen) atoms. The third-order valence-corrected chi connectivity index (χ3v) is 14.0. The summed E-state index contributed by atoms with van der Waals surface area (Å²) >= 11 is 0. The highest BCUT2D eigenvalue weighted by molar-refractivity contribution is 6.25. The molecule has 0 heterocycles. The second-order valence-electron chi connectivity index (χ2n) is 17.8. The van der Waals surface area contributed by atoms with E-state index < -0.39 is 0 Å². The molecule has 0 N–H and O–H groups in total. The fourth-order valence-corrected chi connectivity index (χ4v) is 10.9. The zero-order valence-corrected chi connectivity index (χ0v) is 36.0. The topological polar surface area (TPSA) is 3.24 Å². The quantitative estimate of drug-likeness (QED) is 0.109. The van der Waals surface area contributed by atoms with Crippen LogP contribution in [0.2, 0.25) is 0 Å². The lowest BCUT2D eigenvalue weighted by molar-refractivity contribution is 0.655. The molecule has 2 atom stereocenters. The molecule has 1 nitrogen and oxygen atoms in total. The van der Waals surface area contributed by atoms with Crippen LogP contribution in [0.15, 0.2) is 230 Å². The summed E-state index contributed by atoms with van der Waals surface area (Å²) in [7, 11) is 0. The minimum atomic E-state index is 0.386. The number of benzene rings is 8. The van der Waals surface area contributed by atoms with E-state index in [4.69, 9.17) is 0 Å². The Hall–Kier alpha value is -7.48. The molecule has 4 aliphatic carbocycles. The molecule has 4 aliphatic rings. The van der Waals surface area contributed by atoms with Gasteiger partial charge in [0.1, 0.15) is 0 Å². The first-order valence-corrected chi connectivity index (χ1v) is 23.1. The van der Waals surface area contributed by atoms with Gasteiger partial charge in [-0.25, -0.2) is 0 Å². The standard InChI is InChI=1S/C63H49N/c1-3-15-45(16-4-1)48(40-44-29-37-60-56-23-9-7-19-52(56)54-21-11-13-25-58(54)62(60)41-44)39-43-27-30-46(31-28-43)47-32-34-50(35-33-47)64(49-17-5-2-6-18-49)51-36-38-61-57-24-10-8-20-53(57)55-22-12-14-26-59(55)63(61)42-51/h1,3-5,7-13,15-25,27-38,40-42,53,57H,2,6,14,26,39H2. The largest absolute Gasteiger partial charge is 0.311 e. The third-order valence-electron chi connectivity index (χ3n) is 14.0. The molecule has 0 spiro atoms. The average Bonchev–Trinajstić information content (AvgIpc) is 3.37. The van der Waals surface area contributed by atoms with Crippen molar-refractivity contribution in [3.63, 3.8) is 0 Å². The first-order chi connectivity index (χ1) is 31.7. The van der Waals surface area contributed by atoms with Crippen molar-refractivity contribution in [2.45, 2.75) is 38.0 Å². The molecule has 2 unspecified atom stereocenters. The van der Waals surface area contributed by atoms with Crippen molar-refractivity contribution < 1.29 is 0 Å². The highest BCUT2D eigenvalue weighted by Crippen LogP contribution is 2.50. The Morgan fingerprint density at radius 1 is 0.531 bits per heavy atom. The Balaban J connectivity index is 0.849. The van der Waals surface area contributed by atoms with E-state index in [0.29, 0.717) is 11.8 Å². The van der Waals surface area contributed by atoms with Gasteiger partial charge in [-0.1, -0.05) is 188 Å². The molecule has 0 saturated carbocycles. The molecule has 0 aromatic heterocycles. The minimum Gasteiger partial charge on any atom is -0.311 e. The zero-order valence-electron chi connectivity index (χ0n) is 36.0. The predicted octanol–water partition coefficient (Wildman–Crippen LogP) is 16.9. The second-order valence-corrected chi connectivity index (χ2v) is 17.8. The summed E-state index contributed by atoms with van der Waals surface area (Å²) in [5.74, 6) is 0.814. The maximum absolute atomic E-state index is 2.48. The fourth-order valence-electron chi connectivity index (χ4n) is 10.9. The van der Waals surface area contributed by atoms with Crippen molar-refractivity contribution in [2.24, 2.45) is 5.92 Å². The summed E-state index contributed by atoms with van der Waals surface area (Å²) in [5.41, 5.74) is 17.0. The van der Waals surface area contributed by atoms with Gasteiger partial charge in [-0.3, -0.25) is 0 Å². The van der Waals surface area contributed by atoms with Crippen molar-refractivity contribution in [3.8, 4) is 11.1 Å². The Kier molecular flexibility index (Phi) is 9.75. The van der Waals surface area contributed by atoms with Crippen LogP contribution < -0.4 is 4.90 Å². The number of anilines is 2. The van der Waals surface area contributed by atoms with Gasteiger partial charge in [-0.15, -0.1) is 0 Å². The molecule has 8 aromatic carbocycles. The van der Waals surface area contributed by atoms with Crippen molar-refractivity contribution >= 4 is 60.9 Å². The second kappa shape index (κ2) is 16.3. The summed E-state index contributed by atoms with van der Waals surface area (Å²) in [6, 6.07) is 61.1. The summed E-state index contributed by atoms with van der Waals surface area (Å²) in [6.07, 6.45) is 28.6. The first kappa shape index (κ1) is 38.2. The van der Waals surface area contributed by atoms with E-state index in [2.05, 4.69) is 229 Å². The number of rotatable bonds is 8. The van der Waals surface area contributed by atoms with E-state index >= 15 is 0 Å². The molecule has 0 radical (unpaired) electrons. The van der Waals surface area contributed by atoms with E-state index in [9.17, 15) is 0 Å². The lowest BCUT2D eigenvalue weighted by Crippen LogP contribution is -2.22. The van der Waals surface area contributed by atoms with Gasteiger partial charge in [0.15, 0.2) is 0 Å². The molecule has 12 rings (SSSR count). The number of hydrogen-bond donors (Lipinski definition) is 0. The van der Waals surface area contributed by atoms with E-state index in [1.54, 1.807) is 0 Å². The van der Waals surface area contributed by atoms with Gasteiger partial charge < -0.3 is 4.90 Å². The predicted molar refractivity (Wildman–Crippen MR) is 274 cm³/mol. The van der Waals surface area contributed by atoms with Crippen LogP contribution in [0.25, 0.3) is 60.7 Å². The van der Waals surface area contributed by atoms with Crippen molar-refractivity contribution in [1.82, 2.24) is 0 Å². The maximum Gasteiger partial charge on any atom is 0.0467 e. The van der Waals surface area contributed by atoms with E-state index in [0.717, 1.165) is 32.1 Å². The Morgan fingerprint density at radius 3 is 1.89 bits per heavy atom. The molecule has 8 aromatic rings. The SMILES string of the molecule is C1=CC2C3=C(CCC=C3)c3cc(N(C4=CCCC=C4)c4ccc(-c5ccc(CC(=Cc6ccc7c8ccccc8c8ccccc8c7c6)c6ccccc6)cc5)cc4)ccc3C2C=C1. The van der Waals surface area contributed by atoms with Crippen LogP contribution >= 0.6 is 0 Å². The minimum absolute atomic E-state index is 0.386. The van der Waals surface area contributed by atoms with Gasteiger partial charge in [0, 0.05) is 28.9 Å². The zero-order chi connectivity index (χ0) is 42.4. The van der Waals surface area contributed by atoms with Gasteiger partial charge in [0.05, 0.1) is 0 Å². The summed E-state index contributed by atoms with van der Waals surface area (Å²) < 4.78 is 0. The molecule has 0 aliphatic heterocycles. The number of allylic oxidation sites excluding steroid dienone is 12. The average molecular weight is 820 g/mol. The van der Waals surface area contributed by atoms with E-state index in [-0.39, 0.29) is 0 Å². The molecule has 306 valence electrons. The van der Waals surface area contributed by atoms with Crippen LogP contribution in [0, 0.1) is 5.92 Å². The summed E-state index contributed by atoms with van der Waals surface area (Å²) in [5, 5.41) is 7.81. The molecule has 0 saturated heterocycles. The smallest absolute Gasteiger partial charge is 0.0467 e. The molecular weight excluding hydrogens is 771 g/mol. The van der Waals surface area contributed by atoms with Crippen LogP contribution in [0.1, 0.15) is 59.4 Å². The Bertz CT molecular complexity index is 3300. The lowest BCUT2D eigenvalue weighted by atomic mass is 9.68. The third kappa shape index (κ3) is 6.89. The van der Waals surface area contributed by atoms with Crippen molar-refractivity contribution in [3.05, 3.63) is 258 Å². The fraction of sp³-hybridized carbons (Fsp3) is 0.111. The Labute approximate surface area is 376 Å². The van der Waals surface area contributed by atoms with Gasteiger partial charge in [-0.05, 0) is 156 Å². The monoisotopic (exact) mass is 819 g/mol. The van der Waals surface area contributed by atoms with E-state index in [1.807, 2.05) is 0 Å². The van der Waals surface area contributed by atoms with E-state index in [1.165, 1.54) is 105 Å². The Morgan fingerprint density at radius 2 is 1.17 bits per heavy atom. The van der Waals surface area contributed by atoms with Gasteiger partial charge in [0.2, 0.25) is 0 Å². The highest BCUT2D eigenvalue weighted by Gasteiger charge is 2.34. The van der Waals surface area contributed by atoms with Crippen molar-refractivity contribution in [2.75, 3.05) is 4.90 Å². The van der Waals surface area contributed by atoms with Crippen LogP contribution in [0.3, 0.4) is 0 Å². The van der Waals surface area contributed by atoms with Crippen LogP contribution in [0.5, 0.6) is 0 Å². The van der Waals surface area contributed by atoms with Gasteiger partial charge >= 0.3 is 0 Å². The first-order valence-electron chi connectivity index (χ1n) is 23.1. The van der Waals surface area contributed by atoms with Gasteiger partial charge in [0.25, 0.3) is 0 Å². The van der Waals surface area contributed by atoms with Crippen LogP contribution in [-0.4, -0.2) is 0 Å². The maximum atomic E-state index is 2.48. The summed E-state index contributed by atoms with van der Waals surface area (Å²) in [4.78, 5) is 2.46. The summed E-state index contributed by atoms with van der Waals surface area (Å²) in [6.45, 7) is 0. The number of fused-ring (bicyclic) bond motifs is 11. The molecule has 0 fully saturated rings. The lowest BCUT2D eigenvalue weighted by Gasteiger charge is -2.37. The molecule has 0 amide bonds. The normalized spacial score (nSPS) is 17.7. The van der Waals surface area contributed by atoms with Gasteiger partial charge in [-0.2, -0.15) is 0 Å². The highest BCUT2D eigenvalue weighted by atomic mass is 15.1. The van der Waals surface area contributed by atoms with Crippen LogP contribution in [0.4, 0.5) is 11.4 Å². The molecule has 0 bridgehead atoms. The molecule has 1 heteroatoms. The van der Waals surface area contributed by atoms with Crippen molar-refractivity contribution in [1.29, 1.82) is 0 Å². The number of hydrogen-bond acceptors (Lipinski definition) is 1.